The van der Waals surface area contributed by atoms with Gasteiger partial charge in [0.05, 0.1) is 5.39 Å². The van der Waals surface area contributed by atoms with Crippen LogP contribution in [0.1, 0.15) is 26.3 Å². The molecule has 0 aromatic carbocycles. The van der Waals surface area contributed by atoms with Crippen LogP contribution in [0, 0.1) is 0 Å². The molecule has 0 atom stereocenters. The van der Waals surface area contributed by atoms with E-state index in [4.69, 9.17) is 11.6 Å². The van der Waals surface area contributed by atoms with Gasteiger partial charge in [0, 0.05) is 14.1 Å². The molecule has 0 fully saturated rings. The van der Waals surface area contributed by atoms with Gasteiger partial charge in [-0.25, -0.2) is 4.98 Å². The predicted octanol–water partition coefficient (Wildman–Crippen LogP) is 3.71. The van der Waals surface area contributed by atoms with Gasteiger partial charge >= 0.3 is 0 Å². The molecule has 0 aliphatic heterocycles. The Labute approximate surface area is 110 Å². The molecule has 2 heterocycles. The summed E-state index contributed by atoms with van der Waals surface area (Å²) >= 11 is 7.57. The van der Waals surface area contributed by atoms with Crippen molar-refractivity contribution in [2.24, 2.45) is 0 Å². The van der Waals surface area contributed by atoms with Crippen LogP contribution >= 0.6 is 22.9 Å². The SMILES string of the molecule is CN(C)c1nc(Cl)nc2scc(C(C)(C)C)c12. The lowest BCUT2D eigenvalue weighted by Gasteiger charge is -2.20. The fourth-order valence-corrected chi connectivity index (χ4v) is 3.15. The Balaban J connectivity index is 2.82. The summed E-state index contributed by atoms with van der Waals surface area (Å²) in [5.41, 5.74) is 1.36. The van der Waals surface area contributed by atoms with E-state index >= 15 is 0 Å². The van der Waals surface area contributed by atoms with Crippen molar-refractivity contribution in [2.45, 2.75) is 26.2 Å². The van der Waals surface area contributed by atoms with E-state index in [1.165, 1.54) is 5.56 Å². The molecule has 3 nitrogen and oxygen atoms in total. The quantitative estimate of drug-likeness (QED) is 0.739. The second kappa shape index (κ2) is 4.10. The maximum absolute atomic E-state index is 5.95. The first-order valence-electron chi connectivity index (χ1n) is 5.43. The van der Waals surface area contributed by atoms with Crippen LogP contribution in [0.15, 0.2) is 5.38 Å². The summed E-state index contributed by atoms with van der Waals surface area (Å²) < 4.78 is 0. The van der Waals surface area contributed by atoms with Crippen molar-refractivity contribution in [3.05, 3.63) is 16.2 Å². The number of rotatable bonds is 1. The van der Waals surface area contributed by atoms with Crippen molar-refractivity contribution < 1.29 is 0 Å². The van der Waals surface area contributed by atoms with Crippen molar-refractivity contribution in [1.29, 1.82) is 0 Å². The molecule has 2 aromatic rings. The van der Waals surface area contributed by atoms with Crippen molar-refractivity contribution >= 4 is 39.0 Å². The zero-order valence-corrected chi connectivity index (χ0v) is 12.3. The largest absolute Gasteiger partial charge is 0.362 e. The molecule has 0 saturated heterocycles. The van der Waals surface area contributed by atoms with Crippen LogP contribution in [-0.2, 0) is 5.41 Å². The van der Waals surface area contributed by atoms with Crippen LogP contribution in [-0.4, -0.2) is 24.1 Å². The Morgan fingerprint density at radius 1 is 1.24 bits per heavy atom. The van der Waals surface area contributed by atoms with Crippen molar-refractivity contribution in [2.75, 3.05) is 19.0 Å². The molecule has 0 aliphatic carbocycles. The highest BCUT2D eigenvalue weighted by Crippen LogP contribution is 2.38. The molecule has 0 unspecified atom stereocenters. The van der Waals surface area contributed by atoms with Crippen LogP contribution in [0.5, 0.6) is 0 Å². The zero-order chi connectivity index (χ0) is 12.8. The number of anilines is 1. The van der Waals surface area contributed by atoms with E-state index in [0.29, 0.717) is 5.28 Å². The highest BCUT2D eigenvalue weighted by atomic mass is 35.5. The van der Waals surface area contributed by atoms with Gasteiger partial charge in [0.1, 0.15) is 10.6 Å². The van der Waals surface area contributed by atoms with E-state index in [9.17, 15) is 0 Å². The lowest BCUT2D eigenvalue weighted by Crippen LogP contribution is -2.15. The summed E-state index contributed by atoms with van der Waals surface area (Å²) in [6.07, 6.45) is 0. The maximum Gasteiger partial charge on any atom is 0.225 e. The van der Waals surface area contributed by atoms with Crippen LogP contribution in [0.2, 0.25) is 5.28 Å². The normalized spacial score (nSPS) is 12.1. The Bertz CT molecular complexity index is 555. The summed E-state index contributed by atoms with van der Waals surface area (Å²) in [6.45, 7) is 6.59. The van der Waals surface area contributed by atoms with Crippen LogP contribution in [0.3, 0.4) is 0 Å². The van der Waals surface area contributed by atoms with Gasteiger partial charge in [0.15, 0.2) is 0 Å². The van der Waals surface area contributed by atoms with Crippen LogP contribution in [0.4, 0.5) is 5.82 Å². The Morgan fingerprint density at radius 2 is 1.88 bits per heavy atom. The van der Waals surface area contributed by atoms with Gasteiger partial charge in [-0.3, -0.25) is 0 Å². The smallest absolute Gasteiger partial charge is 0.225 e. The first-order chi connectivity index (χ1) is 7.80. The molecule has 0 bridgehead atoms. The van der Waals surface area contributed by atoms with Crippen molar-refractivity contribution in [3.63, 3.8) is 0 Å². The lowest BCUT2D eigenvalue weighted by atomic mass is 9.87. The van der Waals surface area contributed by atoms with E-state index in [1.54, 1.807) is 11.3 Å². The molecule has 0 saturated carbocycles. The molecule has 0 aliphatic rings. The summed E-state index contributed by atoms with van der Waals surface area (Å²) in [4.78, 5) is 11.6. The van der Waals surface area contributed by atoms with Crippen molar-refractivity contribution in [3.8, 4) is 0 Å². The summed E-state index contributed by atoms with van der Waals surface area (Å²) in [7, 11) is 3.95. The maximum atomic E-state index is 5.95. The Hall–Kier alpha value is -0.870. The minimum atomic E-state index is 0.0835. The minimum Gasteiger partial charge on any atom is -0.362 e. The first-order valence-corrected chi connectivity index (χ1v) is 6.69. The van der Waals surface area contributed by atoms with Gasteiger partial charge in [0.2, 0.25) is 5.28 Å². The first kappa shape index (κ1) is 12.6. The number of fused-ring (bicyclic) bond motifs is 1. The molecule has 0 amide bonds. The van der Waals surface area contributed by atoms with E-state index < -0.39 is 0 Å². The number of halogens is 1. The van der Waals surface area contributed by atoms with E-state index in [0.717, 1.165) is 16.0 Å². The lowest BCUT2D eigenvalue weighted by molar-refractivity contribution is 0.597. The average Bonchev–Trinajstić information content (AvgIpc) is 2.58. The number of thiophene rings is 1. The highest BCUT2D eigenvalue weighted by Gasteiger charge is 2.23. The standard InChI is InChI=1S/C12H16ClN3S/c1-12(2,3)7-6-17-10-8(7)9(16(4)5)14-11(13)15-10/h6H,1-5H3. The third kappa shape index (κ3) is 2.24. The molecular formula is C12H16ClN3S. The van der Waals surface area contributed by atoms with Crippen molar-refractivity contribution in [1.82, 2.24) is 9.97 Å². The van der Waals surface area contributed by atoms with Gasteiger partial charge in [-0.2, -0.15) is 4.98 Å². The zero-order valence-electron chi connectivity index (χ0n) is 10.7. The molecule has 5 heteroatoms. The minimum absolute atomic E-state index is 0.0835. The molecule has 92 valence electrons. The van der Waals surface area contributed by atoms with E-state index in [-0.39, 0.29) is 5.41 Å². The Morgan fingerprint density at radius 3 is 2.41 bits per heavy atom. The summed E-state index contributed by atoms with van der Waals surface area (Å²) in [5.74, 6) is 0.895. The molecule has 0 N–H and O–H groups in total. The van der Waals surface area contributed by atoms with Gasteiger partial charge < -0.3 is 4.90 Å². The molecule has 2 aromatic heterocycles. The average molecular weight is 270 g/mol. The summed E-state index contributed by atoms with van der Waals surface area (Å²) in [5, 5.41) is 3.59. The molecule has 0 radical (unpaired) electrons. The third-order valence-corrected chi connectivity index (χ3v) is 3.66. The third-order valence-electron chi connectivity index (χ3n) is 2.62. The predicted molar refractivity (Wildman–Crippen MR) is 75.5 cm³/mol. The van der Waals surface area contributed by atoms with Gasteiger partial charge in [-0.05, 0) is 28.0 Å². The Kier molecular flexibility index (Phi) is 3.04. The second-order valence-corrected chi connectivity index (χ2v) is 6.49. The van der Waals surface area contributed by atoms with Gasteiger partial charge in [-0.15, -0.1) is 11.3 Å². The van der Waals surface area contributed by atoms with Crippen LogP contribution < -0.4 is 4.90 Å². The number of aromatic nitrogens is 2. The summed E-state index contributed by atoms with van der Waals surface area (Å²) in [6, 6.07) is 0. The fraction of sp³-hybridized carbons (Fsp3) is 0.500. The molecule has 17 heavy (non-hydrogen) atoms. The van der Waals surface area contributed by atoms with E-state index in [1.807, 2.05) is 19.0 Å². The van der Waals surface area contributed by atoms with Gasteiger partial charge in [-0.1, -0.05) is 20.8 Å². The fourth-order valence-electron chi connectivity index (χ4n) is 1.77. The number of hydrogen-bond donors (Lipinski definition) is 0. The monoisotopic (exact) mass is 269 g/mol. The molecule has 2 rings (SSSR count). The van der Waals surface area contributed by atoms with Crippen LogP contribution in [0.25, 0.3) is 10.2 Å². The number of hydrogen-bond acceptors (Lipinski definition) is 4. The molecular weight excluding hydrogens is 254 g/mol. The van der Waals surface area contributed by atoms with E-state index in [2.05, 4.69) is 36.1 Å². The highest BCUT2D eigenvalue weighted by molar-refractivity contribution is 7.17. The topological polar surface area (TPSA) is 29.0 Å². The van der Waals surface area contributed by atoms with Gasteiger partial charge in [0.25, 0.3) is 0 Å². The molecule has 0 spiro atoms. The second-order valence-electron chi connectivity index (χ2n) is 5.29. The number of nitrogens with zero attached hydrogens (tertiary/aromatic N) is 3.